The standard InChI is InChI=1S/C27H24Cl2N4O2/c1-15(2)32-25-23(31-26(32)20-7-5-6-8-21(20)35-4)27(34)33(22-14-18(29)11-12-30-22)24(25)19-10-9-17(28)13-16(19)3/h5-15,24H,1-4H3. The number of imidazole rings is 1. The van der Waals surface area contributed by atoms with Gasteiger partial charge in [0.1, 0.15) is 23.4 Å². The van der Waals surface area contributed by atoms with E-state index >= 15 is 0 Å². The van der Waals surface area contributed by atoms with Gasteiger partial charge < -0.3 is 9.30 Å². The fraction of sp³-hybridized carbons (Fsp3) is 0.222. The minimum absolute atomic E-state index is 0.0151. The molecule has 2 aromatic carbocycles. The molecule has 1 aliphatic rings. The van der Waals surface area contributed by atoms with E-state index in [4.69, 9.17) is 32.9 Å². The Bertz CT molecular complexity index is 1450. The summed E-state index contributed by atoms with van der Waals surface area (Å²) in [7, 11) is 1.63. The summed E-state index contributed by atoms with van der Waals surface area (Å²) in [5.74, 6) is 1.61. The number of carbonyl (C=O) groups is 1. The number of para-hydroxylation sites is 1. The molecule has 0 fully saturated rings. The highest BCUT2D eigenvalue weighted by molar-refractivity contribution is 6.31. The molecule has 3 heterocycles. The number of hydrogen-bond donors (Lipinski definition) is 0. The zero-order valence-corrected chi connectivity index (χ0v) is 21.3. The average Bonchev–Trinajstić information content (AvgIpc) is 3.34. The van der Waals surface area contributed by atoms with Crippen LogP contribution in [0.4, 0.5) is 5.82 Å². The van der Waals surface area contributed by atoms with Crippen LogP contribution in [-0.2, 0) is 0 Å². The van der Waals surface area contributed by atoms with Gasteiger partial charge >= 0.3 is 0 Å². The second kappa shape index (κ2) is 9.02. The summed E-state index contributed by atoms with van der Waals surface area (Å²) >= 11 is 12.6. The van der Waals surface area contributed by atoms with Gasteiger partial charge in [0.2, 0.25) is 0 Å². The Balaban J connectivity index is 1.81. The number of hydrogen-bond acceptors (Lipinski definition) is 4. The van der Waals surface area contributed by atoms with Gasteiger partial charge in [-0.05, 0) is 68.3 Å². The summed E-state index contributed by atoms with van der Waals surface area (Å²) in [5, 5.41) is 1.13. The molecule has 0 spiro atoms. The summed E-state index contributed by atoms with van der Waals surface area (Å²) in [6.45, 7) is 6.15. The Hall–Kier alpha value is -3.35. The van der Waals surface area contributed by atoms with E-state index < -0.39 is 6.04 Å². The Labute approximate surface area is 214 Å². The molecule has 0 bridgehead atoms. The number of benzene rings is 2. The van der Waals surface area contributed by atoms with Crippen LogP contribution in [0.1, 0.15) is 53.2 Å². The average molecular weight is 507 g/mol. The summed E-state index contributed by atoms with van der Waals surface area (Å²) in [6.07, 6.45) is 1.60. The quantitative estimate of drug-likeness (QED) is 0.295. The molecular weight excluding hydrogens is 483 g/mol. The molecule has 0 aliphatic carbocycles. The molecule has 178 valence electrons. The third-order valence-electron chi connectivity index (χ3n) is 6.23. The summed E-state index contributed by atoms with van der Waals surface area (Å²) < 4.78 is 7.74. The van der Waals surface area contributed by atoms with Gasteiger partial charge in [0.25, 0.3) is 5.91 Å². The SMILES string of the molecule is COc1ccccc1-c1nc2c(n1C(C)C)C(c1ccc(Cl)cc1C)N(c1cc(Cl)ccn1)C2=O. The molecule has 0 saturated heterocycles. The molecule has 35 heavy (non-hydrogen) atoms. The first-order chi connectivity index (χ1) is 16.8. The van der Waals surface area contributed by atoms with Gasteiger partial charge in [-0.25, -0.2) is 9.97 Å². The van der Waals surface area contributed by atoms with E-state index in [1.54, 1.807) is 30.3 Å². The van der Waals surface area contributed by atoms with Crippen molar-refractivity contribution in [1.29, 1.82) is 0 Å². The number of fused-ring (bicyclic) bond motifs is 1. The van der Waals surface area contributed by atoms with Crippen LogP contribution in [0.5, 0.6) is 5.75 Å². The molecule has 8 heteroatoms. The molecule has 1 atom stereocenters. The van der Waals surface area contributed by atoms with Crippen molar-refractivity contribution in [1.82, 2.24) is 14.5 Å². The topological polar surface area (TPSA) is 60.2 Å². The zero-order valence-electron chi connectivity index (χ0n) is 19.8. The van der Waals surface area contributed by atoms with Crippen molar-refractivity contribution >= 4 is 34.9 Å². The molecule has 1 amide bonds. The number of rotatable bonds is 5. The van der Waals surface area contributed by atoms with E-state index in [0.29, 0.717) is 33.1 Å². The summed E-state index contributed by atoms with van der Waals surface area (Å²) in [4.78, 5) is 25.0. The molecule has 6 nitrogen and oxygen atoms in total. The summed E-state index contributed by atoms with van der Waals surface area (Å²) in [5.41, 5.74) is 3.92. The number of methoxy groups -OCH3 is 1. The first kappa shape index (κ1) is 23.4. The van der Waals surface area contributed by atoms with Crippen molar-refractivity contribution in [2.24, 2.45) is 0 Å². The van der Waals surface area contributed by atoms with Crippen LogP contribution in [0, 0.1) is 6.92 Å². The van der Waals surface area contributed by atoms with Crippen LogP contribution < -0.4 is 9.64 Å². The van der Waals surface area contributed by atoms with Gasteiger partial charge in [-0.2, -0.15) is 0 Å². The second-order valence-electron chi connectivity index (χ2n) is 8.74. The maximum Gasteiger partial charge on any atom is 0.280 e. The molecule has 2 aromatic heterocycles. The molecule has 0 N–H and O–H groups in total. The number of nitrogens with zero attached hydrogens (tertiary/aromatic N) is 4. The van der Waals surface area contributed by atoms with Crippen LogP contribution >= 0.6 is 23.2 Å². The van der Waals surface area contributed by atoms with Gasteiger partial charge in [0, 0.05) is 22.3 Å². The van der Waals surface area contributed by atoms with Gasteiger partial charge in [-0.3, -0.25) is 9.69 Å². The van der Waals surface area contributed by atoms with Crippen LogP contribution in [0.2, 0.25) is 10.0 Å². The van der Waals surface area contributed by atoms with Crippen LogP contribution in [0.25, 0.3) is 11.4 Å². The number of halogens is 2. The van der Waals surface area contributed by atoms with Crippen molar-refractivity contribution in [2.75, 3.05) is 12.0 Å². The number of amides is 1. The Kier molecular flexibility index (Phi) is 6.03. The first-order valence-electron chi connectivity index (χ1n) is 11.3. The predicted octanol–water partition coefficient (Wildman–Crippen LogP) is 6.90. The van der Waals surface area contributed by atoms with Crippen molar-refractivity contribution < 1.29 is 9.53 Å². The number of aryl methyl sites for hydroxylation is 1. The number of pyridine rings is 1. The minimum Gasteiger partial charge on any atom is -0.496 e. The van der Waals surface area contributed by atoms with Gasteiger partial charge in [-0.1, -0.05) is 41.4 Å². The molecule has 1 unspecified atom stereocenters. The van der Waals surface area contributed by atoms with E-state index in [2.05, 4.69) is 23.4 Å². The molecule has 0 saturated carbocycles. The maximum atomic E-state index is 14.0. The van der Waals surface area contributed by atoms with E-state index in [9.17, 15) is 4.79 Å². The number of aromatic nitrogens is 3. The van der Waals surface area contributed by atoms with E-state index in [1.165, 1.54) is 0 Å². The lowest BCUT2D eigenvalue weighted by atomic mass is 9.98. The third kappa shape index (κ3) is 3.87. The van der Waals surface area contributed by atoms with Crippen LogP contribution in [-0.4, -0.2) is 27.6 Å². The highest BCUT2D eigenvalue weighted by atomic mass is 35.5. The fourth-order valence-electron chi connectivity index (χ4n) is 4.75. The molecule has 5 rings (SSSR count). The smallest absolute Gasteiger partial charge is 0.280 e. The fourth-order valence-corrected chi connectivity index (χ4v) is 5.13. The van der Waals surface area contributed by atoms with Gasteiger partial charge in [0.15, 0.2) is 5.69 Å². The van der Waals surface area contributed by atoms with Crippen molar-refractivity contribution in [3.8, 4) is 17.1 Å². The van der Waals surface area contributed by atoms with Crippen molar-refractivity contribution in [3.63, 3.8) is 0 Å². The number of anilines is 1. The highest BCUT2D eigenvalue weighted by Gasteiger charge is 2.45. The molecular formula is C27H24Cl2N4O2. The number of carbonyl (C=O) groups excluding carboxylic acids is 1. The normalized spacial score (nSPS) is 15.1. The molecule has 4 aromatic rings. The minimum atomic E-state index is -0.459. The Morgan fingerprint density at radius 1 is 1.03 bits per heavy atom. The third-order valence-corrected chi connectivity index (χ3v) is 6.70. The van der Waals surface area contributed by atoms with E-state index in [-0.39, 0.29) is 11.9 Å². The Morgan fingerprint density at radius 2 is 1.77 bits per heavy atom. The first-order valence-corrected chi connectivity index (χ1v) is 12.0. The lowest BCUT2D eigenvalue weighted by molar-refractivity contribution is 0.0988. The molecule has 1 aliphatic heterocycles. The lowest BCUT2D eigenvalue weighted by Crippen LogP contribution is -2.31. The number of ether oxygens (including phenoxy) is 1. The second-order valence-corrected chi connectivity index (χ2v) is 9.62. The van der Waals surface area contributed by atoms with E-state index in [1.807, 2.05) is 49.4 Å². The maximum absolute atomic E-state index is 14.0. The Morgan fingerprint density at radius 3 is 2.46 bits per heavy atom. The van der Waals surface area contributed by atoms with Crippen LogP contribution in [0.3, 0.4) is 0 Å². The van der Waals surface area contributed by atoms with Crippen molar-refractivity contribution in [2.45, 2.75) is 32.9 Å². The highest BCUT2D eigenvalue weighted by Crippen LogP contribution is 2.46. The van der Waals surface area contributed by atoms with Gasteiger partial charge in [0.05, 0.1) is 18.4 Å². The lowest BCUT2D eigenvalue weighted by Gasteiger charge is -2.29. The largest absolute Gasteiger partial charge is 0.496 e. The van der Waals surface area contributed by atoms with E-state index in [0.717, 1.165) is 22.4 Å². The molecule has 0 radical (unpaired) electrons. The van der Waals surface area contributed by atoms with Crippen molar-refractivity contribution in [3.05, 3.63) is 93.4 Å². The summed E-state index contributed by atoms with van der Waals surface area (Å²) in [6, 6.07) is 16.3. The van der Waals surface area contributed by atoms with Gasteiger partial charge in [-0.15, -0.1) is 0 Å². The van der Waals surface area contributed by atoms with Crippen LogP contribution in [0.15, 0.2) is 60.8 Å². The monoisotopic (exact) mass is 506 g/mol. The zero-order chi connectivity index (χ0) is 24.9. The predicted molar refractivity (Wildman–Crippen MR) is 139 cm³/mol.